The average molecular weight is 218 g/mol. The number of nitrogens with zero attached hydrogens (tertiary/aromatic N) is 1. The Bertz CT molecular complexity index is 369. The van der Waals surface area contributed by atoms with Crippen molar-refractivity contribution >= 4 is 5.69 Å². The van der Waals surface area contributed by atoms with Crippen LogP contribution in [-0.2, 0) is 4.74 Å². The predicted molar refractivity (Wildman–Crippen MR) is 65.5 cm³/mol. The van der Waals surface area contributed by atoms with Crippen LogP contribution in [0.1, 0.15) is 24.0 Å². The zero-order valence-electron chi connectivity index (χ0n) is 9.92. The van der Waals surface area contributed by atoms with E-state index in [2.05, 4.69) is 11.4 Å². The van der Waals surface area contributed by atoms with Gasteiger partial charge in [-0.15, -0.1) is 0 Å². The van der Waals surface area contributed by atoms with Crippen molar-refractivity contribution < 1.29 is 4.74 Å². The Labute approximate surface area is 97.0 Å². The van der Waals surface area contributed by atoms with Gasteiger partial charge < -0.3 is 10.1 Å². The van der Waals surface area contributed by atoms with Crippen LogP contribution in [0.3, 0.4) is 0 Å². The van der Waals surface area contributed by atoms with Crippen molar-refractivity contribution in [2.24, 2.45) is 0 Å². The Morgan fingerprint density at radius 1 is 1.38 bits per heavy atom. The smallest absolute Gasteiger partial charge is 0.0994 e. The molecule has 16 heavy (non-hydrogen) atoms. The molecule has 86 valence electrons. The van der Waals surface area contributed by atoms with Crippen molar-refractivity contribution in [1.29, 1.82) is 5.26 Å². The summed E-state index contributed by atoms with van der Waals surface area (Å²) in [7, 11) is 1.72. The summed E-state index contributed by atoms with van der Waals surface area (Å²) in [5, 5.41) is 12.1. The maximum absolute atomic E-state index is 8.80. The molecule has 0 atom stereocenters. The number of nitriles is 1. The van der Waals surface area contributed by atoms with Gasteiger partial charge in [0.05, 0.1) is 11.6 Å². The third kappa shape index (κ3) is 3.92. The molecule has 0 unspecified atom stereocenters. The summed E-state index contributed by atoms with van der Waals surface area (Å²) in [6.07, 6.45) is 2.16. The van der Waals surface area contributed by atoms with Crippen LogP contribution in [0.25, 0.3) is 0 Å². The molecular weight excluding hydrogens is 200 g/mol. The summed E-state index contributed by atoms with van der Waals surface area (Å²) in [6.45, 7) is 3.71. The van der Waals surface area contributed by atoms with Gasteiger partial charge in [-0.25, -0.2) is 0 Å². The third-order valence-electron chi connectivity index (χ3n) is 2.45. The lowest BCUT2D eigenvalue weighted by Gasteiger charge is -2.07. The fourth-order valence-corrected chi connectivity index (χ4v) is 1.50. The third-order valence-corrected chi connectivity index (χ3v) is 2.45. The summed E-state index contributed by atoms with van der Waals surface area (Å²) in [5.41, 5.74) is 2.84. The molecule has 0 aliphatic rings. The molecule has 0 radical (unpaired) electrons. The molecule has 3 nitrogen and oxygen atoms in total. The van der Waals surface area contributed by atoms with Crippen molar-refractivity contribution in [1.82, 2.24) is 0 Å². The van der Waals surface area contributed by atoms with Crippen LogP contribution in [0.15, 0.2) is 18.2 Å². The van der Waals surface area contributed by atoms with E-state index in [4.69, 9.17) is 10.00 Å². The van der Waals surface area contributed by atoms with Gasteiger partial charge in [0.15, 0.2) is 0 Å². The minimum absolute atomic E-state index is 0.741. The first-order valence-corrected chi connectivity index (χ1v) is 5.51. The molecule has 0 heterocycles. The lowest BCUT2D eigenvalue weighted by molar-refractivity contribution is 0.194. The number of unbranched alkanes of at least 4 members (excludes halogenated alkanes) is 1. The van der Waals surface area contributed by atoms with E-state index in [9.17, 15) is 0 Å². The van der Waals surface area contributed by atoms with Crippen molar-refractivity contribution in [2.75, 3.05) is 25.6 Å². The molecule has 3 heteroatoms. The lowest BCUT2D eigenvalue weighted by Crippen LogP contribution is -2.03. The number of rotatable bonds is 6. The molecular formula is C13H18N2O. The van der Waals surface area contributed by atoms with Gasteiger partial charge in [-0.1, -0.05) is 0 Å². The van der Waals surface area contributed by atoms with Crippen LogP contribution in [0, 0.1) is 18.3 Å². The molecule has 1 rings (SSSR count). The van der Waals surface area contributed by atoms with Crippen molar-refractivity contribution in [3.8, 4) is 6.07 Å². The molecule has 0 amide bonds. The average Bonchev–Trinajstić information content (AvgIpc) is 2.29. The highest BCUT2D eigenvalue weighted by Crippen LogP contribution is 2.14. The van der Waals surface area contributed by atoms with E-state index in [1.54, 1.807) is 7.11 Å². The fraction of sp³-hybridized carbons (Fsp3) is 0.462. The summed E-state index contributed by atoms with van der Waals surface area (Å²) >= 11 is 0. The molecule has 0 aliphatic heterocycles. The zero-order valence-corrected chi connectivity index (χ0v) is 9.92. The number of nitrogens with one attached hydrogen (secondary N) is 1. The molecule has 1 aromatic carbocycles. The number of ether oxygens (including phenoxy) is 1. The second-order valence-corrected chi connectivity index (χ2v) is 3.77. The monoisotopic (exact) mass is 218 g/mol. The number of methoxy groups -OCH3 is 1. The number of aryl methyl sites for hydroxylation is 1. The van der Waals surface area contributed by atoms with Gasteiger partial charge >= 0.3 is 0 Å². The molecule has 0 aromatic heterocycles. The van der Waals surface area contributed by atoms with Crippen LogP contribution in [0.5, 0.6) is 0 Å². The van der Waals surface area contributed by atoms with E-state index in [0.29, 0.717) is 0 Å². The van der Waals surface area contributed by atoms with Gasteiger partial charge in [0.1, 0.15) is 0 Å². The normalized spacial score (nSPS) is 9.81. The molecule has 0 spiro atoms. The van der Waals surface area contributed by atoms with Gasteiger partial charge in [0, 0.05) is 25.9 Å². The lowest BCUT2D eigenvalue weighted by atomic mass is 10.1. The molecule has 0 saturated heterocycles. The fourth-order valence-electron chi connectivity index (χ4n) is 1.50. The zero-order chi connectivity index (χ0) is 11.8. The molecule has 1 aromatic rings. The van der Waals surface area contributed by atoms with E-state index in [1.165, 1.54) is 0 Å². The molecule has 1 N–H and O–H groups in total. The SMILES string of the molecule is COCCCCNc1ccc(C#N)c(C)c1. The van der Waals surface area contributed by atoms with Gasteiger partial charge in [-0.2, -0.15) is 5.26 Å². The summed E-state index contributed by atoms with van der Waals surface area (Å²) < 4.78 is 4.98. The minimum Gasteiger partial charge on any atom is -0.385 e. The predicted octanol–water partition coefficient (Wildman–Crippen LogP) is 2.71. The van der Waals surface area contributed by atoms with Crippen molar-refractivity contribution in [3.05, 3.63) is 29.3 Å². The molecule has 0 saturated carbocycles. The first-order valence-electron chi connectivity index (χ1n) is 5.51. The van der Waals surface area contributed by atoms with E-state index < -0.39 is 0 Å². The first-order chi connectivity index (χ1) is 7.77. The number of benzene rings is 1. The Kier molecular flexibility index (Phi) is 5.38. The molecule has 0 aliphatic carbocycles. The summed E-state index contributed by atoms with van der Waals surface area (Å²) in [4.78, 5) is 0. The van der Waals surface area contributed by atoms with Gasteiger partial charge in [0.2, 0.25) is 0 Å². The standard InChI is InChI=1S/C13H18N2O/c1-11-9-13(6-5-12(11)10-14)15-7-3-4-8-16-2/h5-6,9,15H,3-4,7-8H2,1-2H3. The Morgan fingerprint density at radius 3 is 2.81 bits per heavy atom. The van der Waals surface area contributed by atoms with Crippen molar-refractivity contribution in [2.45, 2.75) is 19.8 Å². The number of anilines is 1. The maximum atomic E-state index is 8.80. The Balaban J connectivity index is 2.38. The summed E-state index contributed by atoms with van der Waals surface area (Å²) in [6, 6.07) is 7.97. The Morgan fingerprint density at radius 2 is 2.19 bits per heavy atom. The Hall–Kier alpha value is -1.53. The van der Waals surface area contributed by atoms with Gasteiger partial charge in [-0.3, -0.25) is 0 Å². The largest absolute Gasteiger partial charge is 0.385 e. The number of hydrogen-bond donors (Lipinski definition) is 1. The highest BCUT2D eigenvalue weighted by molar-refractivity contribution is 5.51. The second kappa shape index (κ2) is 6.86. The quantitative estimate of drug-likeness (QED) is 0.747. The highest BCUT2D eigenvalue weighted by Gasteiger charge is 1.98. The van der Waals surface area contributed by atoms with Crippen molar-refractivity contribution in [3.63, 3.8) is 0 Å². The first kappa shape index (κ1) is 12.5. The van der Waals surface area contributed by atoms with Gasteiger partial charge in [-0.05, 0) is 43.5 Å². The minimum atomic E-state index is 0.741. The van der Waals surface area contributed by atoms with Crippen LogP contribution in [-0.4, -0.2) is 20.3 Å². The van der Waals surface area contributed by atoms with E-state index in [0.717, 1.165) is 42.8 Å². The van der Waals surface area contributed by atoms with E-state index in [-0.39, 0.29) is 0 Å². The van der Waals surface area contributed by atoms with Crippen LogP contribution >= 0.6 is 0 Å². The topological polar surface area (TPSA) is 45.0 Å². The van der Waals surface area contributed by atoms with E-state index in [1.807, 2.05) is 25.1 Å². The van der Waals surface area contributed by atoms with Gasteiger partial charge in [0.25, 0.3) is 0 Å². The van der Waals surface area contributed by atoms with Crippen LogP contribution < -0.4 is 5.32 Å². The number of hydrogen-bond acceptors (Lipinski definition) is 3. The maximum Gasteiger partial charge on any atom is 0.0994 e. The summed E-state index contributed by atoms with van der Waals surface area (Å²) in [5.74, 6) is 0. The second-order valence-electron chi connectivity index (χ2n) is 3.77. The van der Waals surface area contributed by atoms with E-state index >= 15 is 0 Å². The molecule has 0 fully saturated rings. The van der Waals surface area contributed by atoms with Crippen LogP contribution in [0.2, 0.25) is 0 Å². The van der Waals surface area contributed by atoms with Crippen LogP contribution in [0.4, 0.5) is 5.69 Å². The molecule has 0 bridgehead atoms. The highest BCUT2D eigenvalue weighted by atomic mass is 16.5.